The Bertz CT molecular complexity index is 555. The lowest BCUT2D eigenvalue weighted by molar-refractivity contribution is -0.121. The summed E-state index contributed by atoms with van der Waals surface area (Å²) in [6.07, 6.45) is 7.19. The van der Waals surface area contributed by atoms with E-state index >= 15 is 0 Å². The van der Waals surface area contributed by atoms with Gasteiger partial charge in [0.05, 0.1) is 11.9 Å². The number of carbonyl (C=O) groups excluding carboxylic acids is 2. The average molecular weight is 347 g/mol. The molecular formula is C18H29N5O2. The number of rotatable bonds is 8. The van der Waals surface area contributed by atoms with Crippen molar-refractivity contribution in [1.29, 1.82) is 0 Å². The molecule has 7 nitrogen and oxygen atoms in total. The molecule has 2 heterocycles. The third-order valence-corrected chi connectivity index (χ3v) is 4.48. The number of aryl methyl sites for hydroxylation is 1. The second-order valence-electron chi connectivity index (χ2n) is 6.43. The van der Waals surface area contributed by atoms with E-state index in [0.717, 1.165) is 25.3 Å². The lowest BCUT2D eigenvalue weighted by Crippen LogP contribution is -2.39. The normalized spacial score (nSPS) is 15.0. The lowest BCUT2D eigenvalue weighted by Gasteiger charge is -2.26. The van der Waals surface area contributed by atoms with E-state index in [1.807, 2.05) is 13.8 Å². The van der Waals surface area contributed by atoms with E-state index in [2.05, 4.69) is 20.2 Å². The molecule has 0 saturated carbocycles. The van der Waals surface area contributed by atoms with Gasteiger partial charge in [-0.15, -0.1) is 0 Å². The fraction of sp³-hybridized carbons (Fsp3) is 0.667. The van der Waals surface area contributed by atoms with Crippen LogP contribution in [0.15, 0.2) is 12.4 Å². The molecule has 1 N–H and O–H groups in total. The van der Waals surface area contributed by atoms with Crippen molar-refractivity contribution in [3.63, 3.8) is 0 Å². The van der Waals surface area contributed by atoms with E-state index in [9.17, 15) is 9.59 Å². The van der Waals surface area contributed by atoms with Gasteiger partial charge in [-0.25, -0.2) is 4.98 Å². The van der Waals surface area contributed by atoms with Crippen LogP contribution >= 0.6 is 0 Å². The van der Waals surface area contributed by atoms with Crippen LogP contribution in [0.4, 0.5) is 0 Å². The van der Waals surface area contributed by atoms with Crippen molar-refractivity contribution in [1.82, 2.24) is 25.1 Å². The van der Waals surface area contributed by atoms with Gasteiger partial charge in [-0.3, -0.25) is 14.6 Å². The Labute approximate surface area is 149 Å². The van der Waals surface area contributed by atoms with E-state index in [1.165, 1.54) is 25.5 Å². The maximum atomic E-state index is 12.4. The van der Waals surface area contributed by atoms with Crippen molar-refractivity contribution in [3.05, 3.63) is 23.8 Å². The highest BCUT2D eigenvalue weighted by molar-refractivity contribution is 5.92. The van der Waals surface area contributed by atoms with Gasteiger partial charge < -0.3 is 15.1 Å². The Hall–Kier alpha value is -2.02. The average Bonchev–Trinajstić information content (AvgIpc) is 2.63. The van der Waals surface area contributed by atoms with Gasteiger partial charge >= 0.3 is 0 Å². The van der Waals surface area contributed by atoms with Crippen LogP contribution in [0.3, 0.4) is 0 Å². The molecule has 7 heteroatoms. The molecule has 1 saturated heterocycles. The molecule has 0 aromatic carbocycles. The number of aromatic nitrogens is 2. The van der Waals surface area contributed by atoms with Crippen molar-refractivity contribution in [2.45, 2.75) is 39.5 Å². The van der Waals surface area contributed by atoms with Crippen LogP contribution in [0, 0.1) is 6.92 Å². The first-order valence-electron chi connectivity index (χ1n) is 9.17. The molecule has 0 spiro atoms. The molecule has 0 atom stereocenters. The zero-order valence-electron chi connectivity index (χ0n) is 15.3. The molecule has 1 aromatic rings. The van der Waals surface area contributed by atoms with Crippen molar-refractivity contribution >= 4 is 11.8 Å². The molecule has 0 aliphatic carbocycles. The molecular weight excluding hydrogens is 318 g/mol. The maximum Gasteiger partial charge on any atom is 0.274 e. The topological polar surface area (TPSA) is 78.4 Å². The van der Waals surface area contributed by atoms with E-state index in [1.54, 1.807) is 11.1 Å². The third-order valence-electron chi connectivity index (χ3n) is 4.48. The van der Waals surface area contributed by atoms with Crippen LogP contribution in [0.1, 0.15) is 48.8 Å². The first kappa shape index (κ1) is 19.3. The van der Waals surface area contributed by atoms with Crippen molar-refractivity contribution in [3.8, 4) is 0 Å². The number of likely N-dealkylation sites (tertiary alicyclic amines) is 1. The molecule has 1 fully saturated rings. The lowest BCUT2D eigenvalue weighted by atomic mass is 10.1. The standard InChI is InChI=1S/C18H29N5O2/c1-3-23(18(25)16-14-20-15(2)13-21-16)11-7-17(24)19-8-12-22-9-5-4-6-10-22/h13-14H,3-12H2,1-2H3,(H,19,24). The highest BCUT2D eigenvalue weighted by atomic mass is 16.2. The Kier molecular flexibility index (Phi) is 7.78. The molecule has 138 valence electrons. The quantitative estimate of drug-likeness (QED) is 0.765. The molecule has 0 unspecified atom stereocenters. The predicted octanol–water partition coefficient (Wildman–Crippen LogP) is 1.24. The summed E-state index contributed by atoms with van der Waals surface area (Å²) in [7, 11) is 0. The van der Waals surface area contributed by atoms with E-state index in [-0.39, 0.29) is 11.8 Å². The van der Waals surface area contributed by atoms with Gasteiger partial charge in [0.1, 0.15) is 5.69 Å². The van der Waals surface area contributed by atoms with Crippen molar-refractivity contribution in [2.75, 3.05) is 39.3 Å². The van der Waals surface area contributed by atoms with Gasteiger partial charge in [0.25, 0.3) is 5.91 Å². The summed E-state index contributed by atoms with van der Waals surface area (Å²) in [4.78, 5) is 36.7. The Morgan fingerprint density at radius 2 is 1.96 bits per heavy atom. The number of hydrogen-bond acceptors (Lipinski definition) is 5. The summed E-state index contributed by atoms with van der Waals surface area (Å²) >= 11 is 0. The van der Waals surface area contributed by atoms with Crippen LogP contribution in [-0.4, -0.2) is 70.9 Å². The fourth-order valence-corrected chi connectivity index (χ4v) is 2.93. The Balaban J connectivity index is 1.70. The molecule has 2 rings (SSSR count). The van der Waals surface area contributed by atoms with Gasteiger partial charge in [-0.1, -0.05) is 6.42 Å². The van der Waals surface area contributed by atoms with E-state index in [0.29, 0.717) is 31.7 Å². The minimum Gasteiger partial charge on any atom is -0.355 e. The first-order chi connectivity index (χ1) is 12.1. The number of hydrogen-bond donors (Lipinski definition) is 1. The zero-order chi connectivity index (χ0) is 18.1. The SMILES string of the molecule is CCN(CCC(=O)NCCN1CCCCC1)C(=O)c1cnc(C)cn1. The molecule has 1 aliphatic heterocycles. The molecule has 25 heavy (non-hydrogen) atoms. The molecule has 0 bridgehead atoms. The van der Waals surface area contributed by atoms with Gasteiger partial charge in [0.2, 0.25) is 5.91 Å². The van der Waals surface area contributed by atoms with Gasteiger partial charge in [0.15, 0.2) is 0 Å². The van der Waals surface area contributed by atoms with Gasteiger partial charge in [-0.05, 0) is 39.8 Å². The number of piperidine rings is 1. The number of amides is 2. The van der Waals surface area contributed by atoms with Crippen LogP contribution in [-0.2, 0) is 4.79 Å². The Morgan fingerprint density at radius 1 is 1.20 bits per heavy atom. The minimum atomic E-state index is -0.184. The summed E-state index contributed by atoms with van der Waals surface area (Å²) in [5.74, 6) is -0.200. The maximum absolute atomic E-state index is 12.4. The van der Waals surface area contributed by atoms with E-state index in [4.69, 9.17) is 0 Å². The van der Waals surface area contributed by atoms with Crippen LogP contribution in [0.5, 0.6) is 0 Å². The summed E-state index contributed by atoms with van der Waals surface area (Å²) in [5, 5.41) is 2.95. The summed E-state index contributed by atoms with van der Waals surface area (Å²) in [5.41, 5.74) is 1.09. The van der Waals surface area contributed by atoms with Crippen molar-refractivity contribution in [2.24, 2.45) is 0 Å². The highest BCUT2D eigenvalue weighted by Crippen LogP contribution is 2.07. The largest absolute Gasteiger partial charge is 0.355 e. The van der Waals surface area contributed by atoms with Crippen LogP contribution < -0.4 is 5.32 Å². The molecule has 0 radical (unpaired) electrons. The fourth-order valence-electron chi connectivity index (χ4n) is 2.93. The number of nitrogens with zero attached hydrogens (tertiary/aromatic N) is 4. The second-order valence-corrected chi connectivity index (χ2v) is 6.43. The number of carbonyl (C=O) groups is 2. The third kappa shape index (κ3) is 6.42. The summed E-state index contributed by atoms with van der Waals surface area (Å²) in [6, 6.07) is 0. The Morgan fingerprint density at radius 3 is 2.60 bits per heavy atom. The van der Waals surface area contributed by atoms with Crippen LogP contribution in [0.25, 0.3) is 0 Å². The van der Waals surface area contributed by atoms with Crippen LogP contribution in [0.2, 0.25) is 0 Å². The molecule has 2 amide bonds. The first-order valence-corrected chi connectivity index (χ1v) is 9.17. The summed E-state index contributed by atoms with van der Waals surface area (Å²) in [6.45, 7) is 8.48. The zero-order valence-corrected chi connectivity index (χ0v) is 15.3. The second kappa shape index (κ2) is 10.1. The van der Waals surface area contributed by atoms with E-state index < -0.39 is 0 Å². The predicted molar refractivity (Wildman–Crippen MR) is 96.3 cm³/mol. The molecule has 1 aromatic heterocycles. The van der Waals surface area contributed by atoms with Gasteiger partial charge in [0, 0.05) is 38.8 Å². The van der Waals surface area contributed by atoms with Crippen molar-refractivity contribution < 1.29 is 9.59 Å². The number of nitrogens with one attached hydrogen (secondary N) is 1. The van der Waals surface area contributed by atoms with Gasteiger partial charge in [-0.2, -0.15) is 0 Å². The highest BCUT2D eigenvalue weighted by Gasteiger charge is 2.17. The smallest absolute Gasteiger partial charge is 0.274 e. The minimum absolute atomic E-state index is 0.0155. The monoisotopic (exact) mass is 347 g/mol. The summed E-state index contributed by atoms with van der Waals surface area (Å²) < 4.78 is 0. The molecule has 1 aliphatic rings.